The molecule has 2 nitrogen and oxygen atoms in total. The fourth-order valence-corrected chi connectivity index (χ4v) is 15.2. The van der Waals surface area contributed by atoms with Crippen molar-refractivity contribution in [1.82, 2.24) is 0 Å². The largest absolute Gasteiger partial charge is 0.311 e. The van der Waals surface area contributed by atoms with Crippen LogP contribution in [0.5, 0.6) is 0 Å². The molecule has 6 aromatic carbocycles. The van der Waals surface area contributed by atoms with Gasteiger partial charge in [-0.05, 0) is 203 Å². The van der Waals surface area contributed by atoms with Gasteiger partial charge in [0.25, 0.3) is 6.71 Å². The first-order valence-corrected chi connectivity index (χ1v) is 27.5. The van der Waals surface area contributed by atoms with E-state index in [0.717, 1.165) is 0 Å². The van der Waals surface area contributed by atoms with Gasteiger partial charge in [-0.1, -0.05) is 166 Å². The van der Waals surface area contributed by atoms with E-state index in [2.05, 4.69) is 225 Å². The lowest BCUT2D eigenvalue weighted by molar-refractivity contribution is 0.332. The molecule has 2 aliphatic heterocycles. The van der Waals surface area contributed by atoms with E-state index in [1.54, 1.807) is 0 Å². The Morgan fingerprint density at radius 2 is 0.873 bits per heavy atom. The van der Waals surface area contributed by atoms with Gasteiger partial charge >= 0.3 is 0 Å². The van der Waals surface area contributed by atoms with Gasteiger partial charge in [0.15, 0.2) is 0 Å². The quantitative estimate of drug-likeness (QED) is 0.159. The van der Waals surface area contributed by atoms with Crippen LogP contribution in [0.1, 0.15) is 212 Å². The summed E-state index contributed by atoms with van der Waals surface area (Å²) >= 11 is 0. The third kappa shape index (κ3) is 6.51. The molecule has 0 radical (unpaired) electrons. The zero-order valence-electron chi connectivity index (χ0n) is 46.9. The number of hydrogen-bond acceptors (Lipinski definition) is 2. The predicted molar refractivity (Wildman–Crippen MR) is 307 cm³/mol. The van der Waals surface area contributed by atoms with Crippen LogP contribution in [0.25, 0.3) is 11.1 Å². The van der Waals surface area contributed by atoms with E-state index < -0.39 is 0 Å². The maximum atomic E-state index is 2.78. The van der Waals surface area contributed by atoms with Gasteiger partial charge in [-0.15, -0.1) is 0 Å². The summed E-state index contributed by atoms with van der Waals surface area (Å²) in [4.78, 5) is 5.53. The second kappa shape index (κ2) is 14.4. The fourth-order valence-electron chi connectivity index (χ4n) is 15.2. The Hall–Kier alpha value is -5.02. The molecule has 0 aromatic heterocycles. The van der Waals surface area contributed by atoms with Crippen LogP contribution in [0.15, 0.2) is 91.0 Å². The van der Waals surface area contributed by atoms with E-state index in [1.165, 1.54) is 156 Å². The molecule has 0 bridgehead atoms. The van der Waals surface area contributed by atoms with Crippen LogP contribution >= 0.6 is 0 Å². The van der Waals surface area contributed by atoms with Crippen molar-refractivity contribution < 1.29 is 0 Å². The molecular weight excluding hydrogens is 856 g/mol. The number of rotatable bonds is 2. The lowest BCUT2D eigenvalue weighted by Crippen LogP contribution is -2.62. The summed E-state index contributed by atoms with van der Waals surface area (Å²) in [5.74, 6) is 0. The molecule has 0 N–H and O–H groups in total. The van der Waals surface area contributed by atoms with E-state index in [-0.39, 0.29) is 50.0 Å². The maximum absolute atomic E-state index is 2.78. The Morgan fingerprint density at radius 3 is 1.39 bits per heavy atom. The Kier molecular flexibility index (Phi) is 9.53. The zero-order valence-corrected chi connectivity index (χ0v) is 46.9. The van der Waals surface area contributed by atoms with Gasteiger partial charge in [0.1, 0.15) is 0 Å². The van der Waals surface area contributed by atoms with Crippen molar-refractivity contribution in [1.29, 1.82) is 0 Å². The van der Waals surface area contributed by atoms with Crippen LogP contribution < -0.4 is 26.2 Å². The second-order valence-electron chi connectivity index (χ2n) is 29.1. The van der Waals surface area contributed by atoms with Gasteiger partial charge in [-0.2, -0.15) is 0 Å². The van der Waals surface area contributed by atoms with Gasteiger partial charge in [-0.3, -0.25) is 0 Å². The number of nitrogens with zero attached hydrogens (tertiary/aromatic N) is 2. The lowest BCUT2D eigenvalue weighted by Gasteiger charge is -2.49. The van der Waals surface area contributed by atoms with Crippen LogP contribution in [-0.2, 0) is 43.3 Å². The average molecular weight is 937 g/mol. The predicted octanol–water partition coefficient (Wildman–Crippen LogP) is 16.7. The first-order chi connectivity index (χ1) is 33.0. The molecule has 0 saturated carbocycles. The number of benzene rings is 6. The van der Waals surface area contributed by atoms with E-state index in [9.17, 15) is 0 Å². The second-order valence-corrected chi connectivity index (χ2v) is 29.1. The van der Waals surface area contributed by atoms with Gasteiger partial charge in [0.2, 0.25) is 0 Å². The molecule has 0 unspecified atom stereocenters. The third-order valence-electron chi connectivity index (χ3n) is 20.0. The Bertz CT molecular complexity index is 3300. The normalized spacial score (nSPS) is 21.5. The van der Waals surface area contributed by atoms with Gasteiger partial charge < -0.3 is 9.80 Å². The maximum Gasteiger partial charge on any atom is 0.252 e. The van der Waals surface area contributed by atoms with E-state index in [4.69, 9.17) is 0 Å². The molecule has 4 aliphatic carbocycles. The molecular formula is C68H81BN2. The summed E-state index contributed by atoms with van der Waals surface area (Å²) in [6, 6.07) is 38.0. The average Bonchev–Trinajstić information content (AvgIpc) is 3.53. The highest BCUT2D eigenvalue weighted by Gasteiger charge is 2.51. The highest BCUT2D eigenvalue weighted by atomic mass is 15.2. The van der Waals surface area contributed by atoms with Gasteiger partial charge in [-0.25, -0.2) is 0 Å². The molecule has 0 spiro atoms. The molecule has 3 heteroatoms. The Morgan fingerprint density at radius 1 is 0.423 bits per heavy atom. The minimum atomic E-state index is -0.163. The summed E-state index contributed by atoms with van der Waals surface area (Å²) in [6.45, 7) is 44.6. The van der Waals surface area contributed by atoms with Crippen molar-refractivity contribution in [2.45, 2.75) is 206 Å². The molecule has 0 fully saturated rings. The smallest absolute Gasteiger partial charge is 0.252 e. The molecule has 2 heterocycles. The minimum Gasteiger partial charge on any atom is -0.311 e. The van der Waals surface area contributed by atoms with Crippen molar-refractivity contribution in [3.63, 3.8) is 0 Å². The van der Waals surface area contributed by atoms with Crippen LogP contribution in [0.2, 0.25) is 0 Å². The lowest BCUT2D eigenvalue weighted by atomic mass is 9.32. The Balaban J connectivity index is 1.24. The van der Waals surface area contributed by atoms with Crippen molar-refractivity contribution in [2.75, 3.05) is 9.80 Å². The van der Waals surface area contributed by atoms with Crippen molar-refractivity contribution >= 4 is 57.2 Å². The first-order valence-electron chi connectivity index (χ1n) is 27.5. The summed E-state index contributed by atoms with van der Waals surface area (Å²) in [6.07, 6.45) is 7.12. The fraction of sp³-hybridized carbons (Fsp3) is 0.471. The van der Waals surface area contributed by atoms with E-state index in [1.807, 2.05) is 0 Å². The number of aryl methyl sites for hydroxylation is 1. The Labute approximate surface area is 429 Å². The van der Waals surface area contributed by atoms with E-state index >= 15 is 0 Å². The standard InChI is InChI=1S/C68H81BN2/c1-40-33-56-60-57(34-40)71(53-26-25-45(61(2,3)4)59-58(53)42-21-19-20-22-43(42)68(59,17)18)55-39-50-48(65(11,12)30-32-67(50,15)16)37-52(55)69(60)51-36-47-49(66(13,14)31-29-64(47,9)10)38-54(51)70(56)41-23-24-44-46(35-41)63(7,8)28-27-62(44,5)6/h19-26,33-39H,27-32H2,1-18H3. The monoisotopic (exact) mass is 937 g/mol. The molecule has 6 aliphatic rings. The summed E-state index contributed by atoms with van der Waals surface area (Å²) in [5, 5.41) is 0. The third-order valence-corrected chi connectivity index (χ3v) is 20.0. The highest BCUT2D eigenvalue weighted by Crippen LogP contribution is 2.59. The van der Waals surface area contributed by atoms with Crippen LogP contribution in [0, 0.1) is 6.92 Å². The first kappa shape index (κ1) is 47.0. The summed E-state index contributed by atoms with van der Waals surface area (Å²) in [5.41, 5.74) is 30.1. The summed E-state index contributed by atoms with van der Waals surface area (Å²) in [7, 11) is 0. The van der Waals surface area contributed by atoms with Crippen LogP contribution in [0.4, 0.5) is 34.1 Å². The number of anilines is 6. The SMILES string of the molecule is Cc1cc2c3c(c1)N(c1ccc(C(C)(C)C)c4c1-c1ccccc1C4(C)C)c1cc4c(cc1B3c1cc3c(cc1N2c1ccc2c(c1)C(C)(C)CCC2(C)C)C(C)(C)CCC3(C)C)C(C)(C)CCC4(C)C. The molecule has 366 valence electrons. The zero-order chi connectivity index (χ0) is 50.7. The number of fused-ring (bicyclic) bond motifs is 10. The molecule has 0 amide bonds. The summed E-state index contributed by atoms with van der Waals surface area (Å²) < 4.78 is 0. The topological polar surface area (TPSA) is 6.48 Å². The van der Waals surface area contributed by atoms with Crippen molar-refractivity contribution in [2.24, 2.45) is 0 Å². The van der Waals surface area contributed by atoms with Crippen LogP contribution in [0.3, 0.4) is 0 Å². The molecule has 71 heavy (non-hydrogen) atoms. The van der Waals surface area contributed by atoms with Crippen molar-refractivity contribution in [3.05, 3.63) is 147 Å². The molecule has 0 saturated heterocycles. The molecule has 0 atom stereocenters. The molecule has 6 aromatic rings. The van der Waals surface area contributed by atoms with Crippen molar-refractivity contribution in [3.8, 4) is 11.1 Å². The van der Waals surface area contributed by atoms with Crippen LogP contribution in [-0.4, -0.2) is 6.71 Å². The highest BCUT2D eigenvalue weighted by molar-refractivity contribution is 7.00. The number of hydrogen-bond donors (Lipinski definition) is 0. The molecule has 12 rings (SSSR count). The van der Waals surface area contributed by atoms with Gasteiger partial charge in [0.05, 0.1) is 5.69 Å². The minimum absolute atomic E-state index is 0.0334. The van der Waals surface area contributed by atoms with Gasteiger partial charge in [0, 0.05) is 39.4 Å². The van der Waals surface area contributed by atoms with E-state index in [0.29, 0.717) is 0 Å².